The molecule has 2 atom stereocenters. The number of aliphatic carboxylic acids is 2. The number of carbonyl (C=O) groups excluding carboxylic acids is 2. The van der Waals surface area contributed by atoms with E-state index in [0.717, 1.165) is 12.8 Å². The van der Waals surface area contributed by atoms with Crippen molar-refractivity contribution in [2.24, 2.45) is 11.8 Å². The van der Waals surface area contributed by atoms with E-state index >= 15 is 0 Å². The molecule has 1 fully saturated rings. The van der Waals surface area contributed by atoms with Gasteiger partial charge in [-0.3, -0.25) is 0 Å². The van der Waals surface area contributed by atoms with Gasteiger partial charge in [0.1, 0.15) is 0 Å². The van der Waals surface area contributed by atoms with Crippen molar-refractivity contribution < 1.29 is 19.8 Å². The molecular weight excluding hydrogens is 200 g/mol. The van der Waals surface area contributed by atoms with Crippen LogP contribution in [-0.4, -0.2) is 49.7 Å². The van der Waals surface area contributed by atoms with Crippen LogP contribution in [0.15, 0.2) is 0 Å². The van der Waals surface area contributed by atoms with Gasteiger partial charge in [-0.15, -0.1) is 0 Å². The fraction of sp³-hybridized carbons (Fsp3) is 0.750. The fourth-order valence-electron chi connectivity index (χ4n) is 1.70. The maximum atomic E-state index is 10.5. The first-order valence-electron chi connectivity index (χ1n) is 4.04. The number of hydrogen-bond donors (Lipinski definition) is 0. The van der Waals surface area contributed by atoms with Crippen LogP contribution >= 0.6 is 0 Å². The summed E-state index contributed by atoms with van der Waals surface area (Å²) >= 11 is 0. The van der Waals surface area contributed by atoms with Gasteiger partial charge in [-0.1, -0.05) is 12.8 Å². The first-order chi connectivity index (χ1) is 5.63. The largest absolute Gasteiger partial charge is 2.00 e. The van der Waals surface area contributed by atoms with Crippen molar-refractivity contribution in [1.29, 1.82) is 0 Å². The van der Waals surface area contributed by atoms with E-state index in [2.05, 4.69) is 0 Å². The summed E-state index contributed by atoms with van der Waals surface area (Å²) in [6.07, 6.45) is 2.34. The molecule has 0 heterocycles. The average molecular weight is 210 g/mol. The number of carbonyl (C=O) groups is 2. The number of carboxylic acid groups (broad SMARTS) is 2. The van der Waals surface area contributed by atoms with Gasteiger partial charge in [0.05, 0.1) is 0 Å². The van der Waals surface area contributed by atoms with E-state index in [1.165, 1.54) is 0 Å². The van der Waals surface area contributed by atoms with Crippen LogP contribution in [0, 0.1) is 11.8 Å². The molecule has 0 N–H and O–H groups in total. The summed E-state index contributed by atoms with van der Waals surface area (Å²) < 4.78 is 0. The Labute approximate surface area is 106 Å². The Kier molecular flexibility index (Phi) is 5.92. The molecule has 13 heavy (non-hydrogen) atoms. The second kappa shape index (κ2) is 5.83. The number of rotatable bonds is 2. The molecule has 4 nitrogen and oxygen atoms in total. The van der Waals surface area contributed by atoms with Crippen molar-refractivity contribution in [2.75, 3.05) is 0 Å². The van der Waals surface area contributed by atoms with Crippen LogP contribution in [0.3, 0.4) is 0 Å². The summed E-state index contributed by atoms with van der Waals surface area (Å²) in [4.78, 5) is 20.9. The molecule has 1 aliphatic carbocycles. The minimum Gasteiger partial charge on any atom is -0.550 e. The maximum absolute atomic E-state index is 10.5. The van der Waals surface area contributed by atoms with E-state index in [4.69, 9.17) is 0 Å². The van der Waals surface area contributed by atoms with Gasteiger partial charge in [-0.2, -0.15) is 0 Å². The molecule has 2 unspecified atom stereocenters. The van der Waals surface area contributed by atoms with E-state index in [1.807, 2.05) is 0 Å². The van der Waals surface area contributed by atoms with Gasteiger partial charge < -0.3 is 19.8 Å². The Bertz CT molecular complexity index is 182. The molecule has 0 aromatic rings. The van der Waals surface area contributed by atoms with E-state index < -0.39 is 23.8 Å². The summed E-state index contributed by atoms with van der Waals surface area (Å²) in [6.45, 7) is 0. The van der Waals surface area contributed by atoms with Crippen LogP contribution in [0.2, 0.25) is 0 Å². The van der Waals surface area contributed by atoms with Crippen molar-refractivity contribution in [2.45, 2.75) is 25.7 Å². The van der Waals surface area contributed by atoms with Crippen molar-refractivity contribution in [3.05, 3.63) is 0 Å². The van der Waals surface area contributed by atoms with E-state index in [-0.39, 0.29) is 37.7 Å². The fourth-order valence-corrected chi connectivity index (χ4v) is 1.70. The molecule has 1 aliphatic rings. The molecule has 0 amide bonds. The van der Waals surface area contributed by atoms with Gasteiger partial charge in [0.2, 0.25) is 0 Å². The summed E-state index contributed by atoms with van der Waals surface area (Å²) in [5.41, 5.74) is 0. The van der Waals surface area contributed by atoms with Gasteiger partial charge in [0, 0.05) is 23.8 Å². The number of carboxylic acids is 2. The Morgan fingerprint density at radius 2 is 1.23 bits per heavy atom. The second-order valence-electron chi connectivity index (χ2n) is 3.14. The van der Waals surface area contributed by atoms with Crippen LogP contribution < -0.4 is 10.2 Å². The molecule has 0 aromatic heterocycles. The van der Waals surface area contributed by atoms with Gasteiger partial charge in [-0.25, -0.2) is 0 Å². The van der Waals surface area contributed by atoms with Crippen LogP contribution in [0.4, 0.5) is 0 Å². The second-order valence-corrected chi connectivity index (χ2v) is 3.14. The van der Waals surface area contributed by atoms with Crippen molar-refractivity contribution in [3.63, 3.8) is 0 Å². The molecule has 1 saturated carbocycles. The van der Waals surface area contributed by atoms with E-state index in [1.54, 1.807) is 0 Å². The summed E-state index contributed by atoms with van der Waals surface area (Å²) in [5, 5.41) is 20.9. The van der Waals surface area contributed by atoms with Crippen LogP contribution in [0.25, 0.3) is 0 Å². The maximum Gasteiger partial charge on any atom is 2.00 e. The molecule has 0 aliphatic heterocycles. The predicted octanol–water partition coefficient (Wildman–Crippen LogP) is -2.09. The molecular formula is C8H10CaO4. The number of hydrogen-bond acceptors (Lipinski definition) is 4. The van der Waals surface area contributed by atoms with Gasteiger partial charge in [0.15, 0.2) is 0 Å². The predicted molar refractivity (Wildman–Crippen MR) is 41.2 cm³/mol. The van der Waals surface area contributed by atoms with Crippen LogP contribution in [-0.2, 0) is 9.59 Å². The molecule has 68 valence electrons. The smallest absolute Gasteiger partial charge is 0.550 e. The van der Waals surface area contributed by atoms with E-state index in [9.17, 15) is 19.8 Å². The Hall–Kier alpha value is 0.200. The monoisotopic (exact) mass is 210 g/mol. The quantitative estimate of drug-likeness (QED) is 0.489. The van der Waals surface area contributed by atoms with Gasteiger partial charge in [0.25, 0.3) is 0 Å². The Morgan fingerprint density at radius 1 is 0.923 bits per heavy atom. The Balaban J connectivity index is 0.00000144. The molecule has 0 saturated heterocycles. The average Bonchev–Trinajstić information content (AvgIpc) is 2.04. The standard InChI is InChI=1S/C8H12O4.Ca/c9-7(10)5-3-1-2-4-6(5)8(11)12;/h5-6H,1-4H2,(H,9,10)(H,11,12);/q;+2/p-2. The normalized spacial score (nSPS) is 27.4. The molecule has 1 rings (SSSR count). The third-order valence-corrected chi connectivity index (χ3v) is 2.37. The third-order valence-electron chi connectivity index (χ3n) is 2.37. The van der Waals surface area contributed by atoms with Crippen molar-refractivity contribution >= 4 is 49.7 Å². The zero-order valence-electron chi connectivity index (χ0n) is 7.32. The summed E-state index contributed by atoms with van der Waals surface area (Å²) in [7, 11) is 0. The first-order valence-corrected chi connectivity index (χ1v) is 4.04. The van der Waals surface area contributed by atoms with Crippen molar-refractivity contribution in [3.8, 4) is 0 Å². The third kappa shape index (κ3) is 3.44. The van der Waals surface area contributed by atoms with Crippen LogP contribution in [0.1, 0.15) is 25.7 Å². The molecule has 0 radical (unpaired) electrons. The van der Waals surface area contributed by atoms with E-state index in [0.29, 0.717) is 12.8 Å². The van der Waals surface area contributed by atoms with Crippen molar-refractivity contribution in [1.82, 2.24) is 0 Å². The first kappa shape index (κ1) is 13.2. The zero-order valence-corrected chi connectivity index (χ0v) is 9.53. The zero-order chi connectivity index (χ0) is 9.14. The minimum absolute atomic E-state index is 0. The molecule has 5 heteroatoms. The molecule has 0 bridgehead atoms. The van der Waals surface area contributed by atoms with Gasteiger partial charge in [-0.05, 0) is 12.8 Å². The minimum atomic E-state index is -1.26. The van der Waals surface area contributed by atoms with Crippen LogP contribution in [0.5, 0.6) is 0 Å². The summed E-state index contributed by atoms with van der Waals surface area (Å²) in [6, 6.07) is 0. The summed E-state index contributed by atoms with van der Waals surface area (Å²) in [5.74, 6) is -4.21. The topological polar surface area (TPSA) is 80.3 Å². The van der Waals surface area contributed by atoms with Gasteiger partial charge >= 0.3 is 37.7 Å². The molecule has 0 aromatic carbocycles. The Morgan fingerprint density at radius 3 is 1.46 bits per heavy atom. The SMILES string of the molecule is O=C([O-])C1CCCCC1C(=O)[O-].[Ca+2]. The molecule has 0 spiro atoms.